The molecule has 198 valence electrons. The molecule has 0 spiro atoms. The number of nitrogens with zero attached hydrogens (tertiary/aromatic N) is 2. The molecule has 0 bridgehead atoms. The number of hydrogen-bond acceptors (Lipinski definition) is 4. The van der Waals surface area contributed by atoms with Crippen molar-refractivity contribution in [3.8, 4) is 17.0 Å². The van der Waals surface area contributed by atoms with Crippen LogP contribution in [-0.2, 0) is 28.9 Å². The van der Waals surface area contributed by atoms with E-state index in [1.54, 1.807) is 12.0 Å². The van der Waals surface area contributed by atoms with Gasteiger partial charge in [-0.1, -0.05) is 12.1 Å². The van der Waals surface area contributed by atoms with E-state index in [2.05, 4.69) is 10.2 Å². The summed E-state index contributed by atoms with van der Waals surface area (Å²) in [5.74, 6) is -5.58. The Labute approximate surface area is 206 Å². The van der Waals surface area contributed by atoms with Gasteiger partial charge in [-0.3, -0.25) is 9.89 Å². The van der Waals surface area contributed by atoms with Crippen LogP contribution < -0.4 is 4.74 Å². The van der Waals surface area contributed by atoms with Gasteiger partial charge in [-0.25, -0.2) is 18.0 Å². The van der Waals surface area contributed by atoms with Crippen molar-refractivity contribution >= 4 is 11.9 Å². The molecule has 1 amide bonds. The largest absolute Gasteiger partial charge is 0.496 e. The lowest BCUT2D eigenvalue weighted by Gasteiger charge is -2.20. The lowest BCUT2D eigenvalue weighted by atomic mass is 10.0. The van der Waals surface area contributed by atoms with Crippen LogP contribution in [0.2, 0.25) is 0 Å². The number of halogens is 6. The molecule has 4 rings (SSSR count). The van der Waals surface area contributed by atoms with Crippen molar-refractivity contribution in [3.63, 3.8) is 0 Å². The summed E-state index contributed by atoms with van der Waals surface area (Å²) < 4.78 is 78.1. The zero-order chi connectivity index (χ0) is 27.3. The molecular weight excluding hydrogens is 508 g/mol. The minimum Gasteiger partial charge on any atom is -0.496 e. The van der Waals surface area contributed by atoms with Gasteiger partial charge in [0.1, 0.15) is 23.2 Å². The van der Waals surface area contributed by atoms with E-state index in [0.717, 1.165) is 22.5 Å². The Hall–Kier alpha value is -4.03. The first kappa shape index (κ1) is 27.6. The molecule has 13 heteroatoms. The number of aromatic amines is 1. The number of alkyl halides is 3. The van der Waals surface area contributed by atoms with Crippen molar-refractivity contribution in [2.75, 3.05) is 20.2 Å². The third-order valence-electron chi connectivity index (χ3n) is 5.61. The topological polar surface area (TPSA) is 95.5 Å². The molecule has 0 aliphatic carbocycles. The second kappa shape index (κ2) is 11.4. The van der Waals surface area contributed by atoms with Crippen LogP contribution >= 0.6 is 0 Å². The SMILES string of the molecule is COc1ccccc1-c1n[nH]c2c1CCN(C(=O)Cc1c(F)cc(F)cc1F)CC2.O=C(O)C(F)(F)F. The van der Waals surface area contributed by atoms with Gasteiger partial charge < -0.3 is 14.7 Å². The fraction of sp³-hybridized carbons (Fsp3) is 0.292. The summed E-state index contributed by atoms with van der Waals surface area (Å²) in [6, 6.07) is 8.73. The van der Waals surface area contributed by atoms with E-state index in [1.165, 1.54) is 0 Å². The molecule has 2 N–H and O–H groups in total. The van der Waals surface area contributed by atoms with Gasteiger partial charge in [0.25, 0.3) is 0 Å². The molecule has 0 radical (unpaired) electrons. The minimum atomic E-state index is -5.08. The van der Waals surface area contributed by atoms with Gasteiger partial charge in [-0.05, 0) is 18.6 Å². The molecule has 0 unspecified atom stereocenters. The highest BCUT2D eigenvalue weighted by Crippen LogP contribution is 2.33. The Morgan fingerprint density at radius 3 is 2.27 bits per heavy atom. The molecule has 1 aliphatic rings. The zero-order valence-electron chi connectivity index (χ0n) is 19.3. The number of carboxylic acids is 1. The van der Waals surface area contributed by atoms with Crippen LogP contribution in [0.15, 0.2) is 36.4 Å². The first-order valence-electron chi connectivity index (χ1n) is 10.8. The molecule has 3 aromatic rings. The van der Waals surface area contributed by atoms with Crippen LogP contribution in [-0.4, -0.2) is 58.5 Å². The van der Waals surface area contributed by atoms with Gasteiger partial charge in [0, 0.05) is 54.0 Å². The number of H-pyrrole nitrogens is 1. The molecule has 0 saturated heterocycles. The predicted molar refractivity (Wildman–Crippen MR) is 118 cm³/mol. The molecule has 0 saturated carbocycles. The summed E-state index contributed by atoms with van der Waals surface area (Å²) in [7, 11) is 1.60. The fourth-order valence-corrected chi connectivity index (χ4v) is 3.80. The van der Waals surface area contributed by atoms with Crippen molar-refractivity contribution < 1.29 is 45.8 Å². The number of ether oxygens (including phenoxy) is 1. The Balaban J connectivity index is 0.000000479. The predicted octanol–water partition coefficient (Wildman–Crippen LogP) is 4.31. The standard InChI is InChI=1S/C22H20F3N3O2.C2HF3O2/c1-30-20-5-3-2-4-15(20)22-14-6-8-28(9-7-19(14)26-27-22)21(29)12-16-17(24)10-13(23)11-18(16)25;3-2(4,5)1(6)7/h2-5,10-11H,6-9,12H2,1H3,(H,26,27);(H,6,7). The van der Waals surface area contributed by atoms with Crippen molar-refractivity contribution in [2.24, 2.45) is 0 Å². The number of hydrogen-bond donors (Lipinski definition) is 2. The second-order valence-electron chi connectivity index (χ2n) is 7.94. The molecule has 0 atom stereocenters. The van der Waals surface area contributed by atoms with Gasteiger partial charge >= 0.3 is 12.1 Å². The molecule has 2 aromatic carbocycles. The van der Waals surface area contributed by atoms with E-state index in [1.807, 2.05) is 24.3 Å². The lowest BCUT2D eigenvalue weighted by Crippen LogP contribution is -2.35. The molecule has 7 nitrogen and oxygen atoms in total. The maximum atomic E-state index is 13.9. The van der Waals surface area contributed by atoms with Crippen molar-refractivity contribution in [2.45, 2.75) is 25.4 Å². The van der Waals surface area contributed by atoms with Crippen LogP contribution in [0.25, 0.3) is 11.3 Å². The average Bonchev–Trinajstić information content (AvgIpc) is 3.11. The second-order valence-corrected chi connectivity index (χ2v) is 7.94. The average molecular weight is 529 g/mol. The summed E-state index contributed by atoms with van der Waals surface area (Å²) >= 11 is 0. The Morgan fingerprint density at radius 2 is 1.68 bits per heavy atom. The Kier molecular flexibility index (Phi) is 8.46. The summed E-state index contributed by atoms with van der Waals surface area (Å²) in [6.07, 6.45) is -4.46. The van der Waals surface area contributed by atoms with Gasteiger partial charge in [-0.15, -0.1) is 0 Å². The van der Waals surface area contributed by atoms with E-state index in [-0.39, 0.29) is 0 Å². The maximum Gasteiger partial charge on any atom is 0.490 e. The number of para-hydroxylation sites is 1. The number of aromatic nitrogens is 2. The maximum absolute atomic E-state index is 13.9. The third kappa shape index (κ3) is 6.60. The Morgan fingerprint density at radius 1 is 1.08 bits per heavy atom. The monoisotopic (exact) mass is 529 g/mol. The Bertz CT molecular complexity index is 1270. The number of rotatable bonds is 4. The number of carbonyl (C=O) groups excluding carboxylic acids is 1. The van der Waals surface area contributed by atoms with Crippen molar-refractivity contribution in [1.29, 1.82) is 0 Å². The fourth-order valence-electron chi connectivity index (χ4n) is 3.80. The van der Waals surface area contributed by atoms with Crippen LogP contribution in [0.4, 0.5) is 26.3 Å². The van der Waals surface area contributed by atoms with Crippen LogP contribution in [0, 0.1) is 17.5 Å². The summed E-state index contributed by atoms with van der Waals surface area (Å²) in [4.78, 5) is 23.2. The molecule has 0 fully saturated rings. The van der Waals surface area contributed by atoms with E-state index in [9.17, 15) is 31.1 Å². The number of carbonyl (C=O) groups is 2. The highest BCUT2D eigenvalue weighted by Gasteiger charge is 2.38. The number of nitrogens with one attached hydrogen (secondary N) is 1. The molecule has 37 heavy (non-hydrogen) atoms. The summed E-state index contributed by atoms with van der Waals surface area (Å²) in [5, 5.41) is 14.6. The first-order chi connectivity index (χ1) is 17.4. The number of benzene rings is 2. The van der Waals surface area contributed by atoms with Crippen molar-refractivity contribution in [3.05, 3.63) is 70.7 Å². The van der Waals surface area contributed by atoms with Crippen molar-refractivity contribution in [1.82, 2.24) is 15.1 Å². The van der Waals surface area contributed by atoms with E-state index >= 15 is 0 Å². The highest BCUT2D eigenvalue weighted by molar-refractivity contribution is 5.79. The molecule has 1 aromatic heterocycles. The first-order valence-corrected chi connectivity index (χ1v) is 10.8. The highest BCUT2D eigenvalue weighted by atomic mass is 19.4. The van der Waals surface area contributed by atoms with Gasteiger partial charge in [0.2, 0.25) is 5.91 Å². The van der Waals surface area contributed by atoms with Crippen LogP contribution in [0.3, 0.4) is 0 Å². The quantitative estimate of drug-likeness (QED) is 0.492. The summed E-state index contributed by atoms with van der Waals surface area (Å²) in [5.41, 5.74) is 3.12. The molecule has 1 aliphatic heterocycles. The van der Waals surface area contributed by atoms with Crippen LogP contribution in [0.1, 0.15) is 16.8 Å². The van der Waals surface area contributed by atoms with Crippen LogP contribution in [0.5, 0.6) is 5.75 Å². The number of amides is 1. The number of fused-ring (bicyclic) bond motifs is 1. The lowest BCUT2D eigenvalue weighted by molar-refractivity contribution is -0.192. The smallest absolute Gasteiger partial charge is 0.490 e. The van der Waals surface area contributed by atoms with Gasteiger partial charge in [0.15, 0.2) is 0 Å². The normalized spacial score (nSPS) is 13.2. The van der Waals surface area contributed by atoms with Gasteiger partial charge in [-0.2, -0.15) is 18.3 Å². The van der Waals surface area contributed by atoms with E-state index in [0.29, 0.717) is 43.8 Å². The number of aliphatic carboxylic acids is 1. The third-order valence-corrected chi connectivity index (χ3v) is 5.61. The van der Waals surface area contributed by atoms with E-state index < -0.39 is 47.5 Å². The number of carboxylic acid groups (broad SMARTS) is 1. The number of methoxy groups -OCH3 is 1. The summed E-state index contributed by atoms with van der Waals surface area (Å²) in [6.45, 7) is 0.780. The molecule has 2 heterocycles. The van der Waals surface area contributed by atoms with Gasteiger partial charge in [0.05, 0.1) is 19.2 Å². The van der Waals surface area contributed by atoms with E-state index in [4.69, 9.17) is 14.6 Å². The molecular formula is C24H21F6N3O4. The zero-order valence-corrected chi connectivity index (χ0v) is 19.3. The minimum absolute atomic E-state index is 0.387.